The summed E-state index contributed by atoms with van der Waals surface area (Å²) in [4.78, 5) is 36.6. The van der Waals surface area contributed by atoms with Crippen LogP contribution in [0.3, 0.4) is 0 Å². The number of aromatic nitrogens is 2. The van der Waals surface area contributed by atoms with E-state index in [0.717, 1.165) is 24.3 Å². The quantitative estimate of drug-likeness (QED) is 0.645. The average Bonchev–Trinajstić information content (AvgIpc) is 2.82. The molecule has 1 saturated heterocycles. The van der Waals surface area contributed by atoms with Crippen molar-refractivity contribution >= 4 is 11.8 Å². The van der Waals surface area contributed by atoms with Gasteiger partial charge in [0.1, 0.15) is 18.2 Å². The van der Waals surface area contributed by atoms with E-state index in [1.54, 1.807) is 37.4 Å². The molecule has 166 valence electrons. The summed E-state index contributed by atoms with van der Waals surface area (Å²) in [5, 5.41) is 0. The number of nitrogens with zero attached hydrogens (tertiary/aromatic N) is 4. The number of benzene rings is 1. The second-order valence-electron chi connectivity index (χ2n) is 7.69. The highest BCUT2D eigenvalue weighted by molar-refractivity contribution is 5.94. The van der Waals surface area contributed by atoms with Gasteiger partial charge in [-0.05, 0) is 37.3 Å². The Bertz CT molecular complexity index is 852. The van der Waals surface area contributed by atoms with Crippen molar-refractivity contribution in [2.45, 2.75) is 38.3 Å². The van der Waals surface area contributed by atoms with Crippen LogP contribution >= 0.6 is 0 Å². The van der Waals surface area contributed by atoms with Gasteiger partial charge in [-0.15, -0.1) is 0 Å². The molecule has 0 unspecified atom stereocenters. The summed E-state index contributed by atoms with van der Waals surface area (Å²) in [5.74, 6) is 0.774. The molecule has 1 aliphatic heterocycles. The Kier molecular flexibility index (Phi) is 7.94. The van der Waals surface area contributed by atoms with Gasteiger partial charge in [0.25, 0.3) is 5.91 Å². The van der Waals surface area contributed by atoms with Gasteiger partial charge in [-0.3, -0.25) is 9.59 Å². The number of likely N-dealkylation sites (tertiary alicyclic amines) is 1. The Labute approximate surface area is 183 Å². The van der Waals surface area contributed by atoms with E-state index in [0.29, 0.717) is 31.7 Å². The monoisotopic (exact) mass is 426 g/mol. The van der Waals surface area contributed by atoms with Crippen LogP contribution in [0.25, 0.3) is 0 Å². The summed E-state index contributed by atoms with van der Waals surface area (Å²) < 4.78 is 11.0. The van der Waals surface area contributed by atoms with Crippen molar-refractivity contribution < 1.29 is 19.1 Å². The maximum atomic E-state index is 12.8. The van der Waals surface area contributed by atoms with Gasteiger partial charge in [0.05, 0.1) is 24.8 Å². The molecule has 0 saturated carbocycles. The van der Waals surface area contributed by atoms with Crippen LogP contribution in [0, 0.1) is 0 Å². The van der Waals surface area contributed by atoms with Gasteiger partial charge < -0.3 is 19.3 Å². The lowest BCUT2D eigenvalue weighted by Gasteiger charge is -2.32. The standard InChI is InChI=1S/C23H30N4O4/c1-17(21-8-12-24-16-25-21)26(2)23(29)18-4-6-19(7-5-18)31-20-9-13-27(14-10-20)22(28)11-15-30-3/h4-8,12,16-17,20H,9-11,13-15H2,1-3H3/t17-/m0/s1. The molecule has 31 heavy (non-hydrogen) atoms. The zero-order valence-electron chi connectivity index (χ0n) is 18.4. The summed E-state index contributed by atoms with van der Waals surface area (Å²) in [6.07, 6.45) is 5.21. The van der Waals surface area contributed by atoms with Crippen molar-refractivity contribution in [2.75, 3.05) is 33.9 Å². The minimum atomic E-state index is -0.164. The third-order valence-corrected chi connectivity index (χ3v) is 5.65. The predicted octanol–water partition coefficient (Wildman–Crippen LogP) is 2.72. The van der Waals surface area contributed by atoms with E-state index in [4.69, 9.17) is 9.47 Å². The third kappa shape index (κ3) is 6.01. The van der Waals surface area contributed by atoms with Crippen LogP contribution in [-0.4, -0.2) is 71.5 Å². The number of ether oxygens (including phenoxy) is 2. The van der Waals surface area contributed by atoms with E-state index < -0.39 is 0 Å². The number of piperidine rings is 1. The van der Waals surface area contributed by atoms with E-state index in [1.807, 2.05) is 30.0 Å². The molecule has 1 aromatic heterocycles. The lowest BCUT2D eigenvalue weighted by Crippen LogP contribution is -2.42. The Balaban J connectivity index is 1.51. The van der Waals surface area contributed by atoms with E-state index in [-0.39, 0.29) is 24.0 Å². The number of carbonyl (C=O) groups excluding carboxylic acids is 2. The predicted molar refractivity (Wildman–Crippen MR) is 116 cm³/mol. The van der Waals surface area contributed by atoms with Gasteiger partial charge in [-0.1, -0.05) is 0 Å². The summed E-state index contributed by atoms with van der Waals surface area (Å²) in [5.41, 5.74) is 1.38. The largest absolute Gasteiger partial charge is 0.490 e. The van der Waals surface area contributed by atoms with Crippen molar-refractivity contribution in [3.05, 3.63) is 54.1 Å². The fraction of sp³-hybridized carbons (Fsp3) is 0.478. The van der Waals surface area contributed by atoms with Gasteiger partial charge in [0, 0.05) is 51.8 Å². The Morgan fingerprint density at radius 1 is 1.19 bits per heavy atom. The van der Waals surface area contributed by atoms with Crippen LogP contribution in [0.4, 0.5) is 0 Å². The van der Waals surface area contributed by atoms with E-state index in [1.165, 1.54) is 6.33 Å². The number of rotatable bonds is 8. The molecule has 2 aromatic rings. The maximum absolute atomic E-state index is 12.8. The van der Waals surface area contributed by atoms with E-state index in [2.05, 4.69) is 9.97 Å². The molecule has 0 aliphatic carbocycles. The van der Waals surface area contributed by atoms with E-state index >= 15 is 0 Å². The highest BCUT2D eigenvalue weighted by Crippen LogP contribution is 2.22. The van der Waals surface area contributed by atoms with Crippen molar-refractivity contribution in [1.82, 2.24) is 19.8 Å². The molecule has 2 amide bonds. The minimum Gasteiger partial charge on any atom is -0.490 e. The molecule has 1 fully saturated rings. The lowest BCUT2D eigenvalue weighted by molar-refractivity contribution is -0.133. The molecule has 0 spiro atoms. The molecule has 8 nitrogen and oxygen atoms in total. The summed E-state index contributed by atoms with van der Waals surface area (Å²) in [7, 11) is 3.37. The zero-order valence-corrected chi connectivity index (χ0v) is 18.4. The van der Waals surface area contributed by atoms with Crippen molar-refractivity contribution in [3.8, 4) is 5.75 Å². The smallest absolute Gasteiger partial charge is 0.254 e. The molecule has 2 heterocycles. The lowest BCUT2D eigenvalue weighted by atomic mass is 10.1. The second kappa shape index (κ2) is 10.9. The van der Waals surface area contributed by atoms with Gasteiger partial charge in [-0.2, -0.15) is 0 Å². The van der Waals surface area contributed by atoms with Crippen LogP contribution in [-0.2, 0) is 9.53 Å². The highest BCUT2D eigenvalue weighted by atomic mass is 16.5. The van der Waals surface area contributed by atoms with Crippen molar-refractivity contribution in [1.29, 1.82) is 0 Å². The van der Waals surface area contributed by atoms with Crippen LogP contribution in [0.1, 0.15) is 48.3 Å². The number of methoxy groups -OCH3 is 1. The molecule has 1 aliphatic rings. The summed E-state index contributed by atoms with van der Waals surface area (Å²) in [6.45, 7) is 3.77. The first-order valence-electron chi connectivity index (χ1n) is 10.6. The Morgan fingerprint density at radius 2 is 1.90 bits per heavy atom. The third-order valence-electron chi connectivity index (χ3n) is 5.65. The topological polar surface area (TPSA) is 84.9 Å². The SMILES string of the molecule is COCCC(=O)N1CCC(Oc2ccc(C(=O)N(C)[C@@H](C)c3ccncn3)cc2)CC1. The van der Waals surface area contributed by atoms with Gasteiger partial charge in [0.2, 0.25) is 5.91 Å². The van der Waals surface area contributed by atoms with Crippen LogP contribution in [0.5, 0.6) is 5.75 Å². The molecular weight excluding hydrogens is 396 g/mol. The van der Waals surface area contributed by atoms with Gasteiger partial charge in [-0.25, -0.2) is 9.97 Å². The highest BCUT2D eigenvalue weighted by Gasteiger charge is 2.24. The fourth-order valence-electron chi connectivity index (χ4n) is 3.57. The molecule has 0 N–H and O–H groups in total. The number of hydrogen-bond acceptors (Lipinski definition) is 6. The van der Waals surface area contributed by atoms with Crippen LogP contribution in [0.15, 0.2) is 42.9 Å². The average molecular weight is 427 g/mol. The normalized spacial score (nSPS) is 15.4. The molecule has 0 bridgehead atoms. The van der Waals surface area contributed by atoms with E-state index in [9.17, 15) is 9.59 Å². The fourth-order valence-corrected chi connectivity index (χ4v) is 3.57. The van der Waals surface area contributed by atoms with Gasteiger partial charge in [0.15, 0.2) is 0 Å². The Morgan fingerprint density at radius 3 is 2.52 bits per heavy atom. The second-order valence-corrected chi connectivity index (χ2v) is 7.69. The summed E-state index contributed by atoms with van der Waals surface area (Å²) in [6, 6.07) is 8.86. The number of amides is 2. The number of hydrogen-bond donors (Lipinski definition) is 0. The first kappa shape index (κ1) is 22.7. The molecule has 1 atom stereocenters. The summed E-state index contributed by atoms with van der Waals surface area (Å²) >= 11 is 0. The first-order chi connectivity index (χ1) is 15.0. The Hall–Kier alpha value is -3.00. The van der Waals surface area contributed by atoms with Crippen molar-refractivity contribution in [2.24, 2.45) is 0 Å². The number of carbonyl (C=O) groups is 2. The molecular formula is C23H30N4O4. The maximum Gasteiger partial charge on any atom is 0.254 e. The van der Waals surface area contributed by atoms with Gasteiger partial charge >= 0.3 is 0 Å². The molecule has 3 rings (SSSR count). The van der Waals surface area contributed by atoms with Crippen molar-refractivity contribution in [3.63, 3.8) is 0 Å². The van der Waals surface area contributed by atoms with Crippen LogP contribution in [0.2, 0.25) is 0 Å². The molecule has 0 radical (unpaired) electrons. The zero-order chi connectivity index (χ0) is 22.2. The minimum absolute atomic E-state index is 0.0634. The first-order valence-corrected chi connectivity index (χ1v) is 10.6. The molecule has 1 aromatic carbocycles. The van der Waals surface area contributed by atoms with Crippen LogP contribution < -0.4 is 4.74 Å². The molecule has 8 heteroatoms.